The lowest BCUT2D eigenvalue weighted by atomic mass is 9.80. The van der Waals surface area contributed by atoms with E-state index in [1.54, 1.807) is 7.05 Å². The van der Waals surface area contributed by atoms with Gasteiger partial charge in [-0.05, 0) is 50.4 Å². The van der Waals surface area contributed by atoms with Crippen molar-refractivity contribution in [2.24, 2.45) is 17.8 Å². The smallest absolute Gasteiger partial charge is 0.222 e. The Bertz CT molecular complexity index is 432. The van der Waals surface area contributed by atoms with Gasteiger partial charge in [0.1, 0.15) is 0 Å². The SMILES string of the molecule is CCCCC(=O)N1CCCC(CC(CCC2CCCCC2)C(=O)NC)C1. The third kappa shape index (κ3) is 6.92. The summed E-state index contributed by atoms with van der Waals surface area (Å²) >= 11 is 0. The van der Waals surface area contributed by atoms with Gasteiger partial charge in [0.25, 0.3) is 0 Å². The van der Waals surface area contributed by atoms with E-state index in [-0.39, 0.29) is 11.8 Å². The molecule has 26 heavy (non-hydrogen) atoms. The Kier molecular flexibility index (Phi) is 9.49. The average molecular weight is 365 g/mol. The summed E-state index contributed by atoms with van der Waals surface area (Å²) in [5.74, 6) is 1.96. The Morgan fingerprint density at radius 3 is 2.50 bits per heavy atom. The minimum Gasteiger partial charge on any atom is -0.359 e. The number of carbonyl (C=O) groups is 2. The monoisotopic (exact) mass is 364 g/mol. The fourth-order valence-corrected chi connectivity index (χ4v) is 4.85. The van der Waals surface area contributed by atoms with E-state index in [9.17, 15) is 9.59 Å². The molecule has 150 valence electrons. The Morgan fingerprint density at radius 1 is 1.08 bits per heavy atom. The van der Waals surface area contributed by atoms with E-state index in [2.05, 4.69) is 17.1 Å². The van der Waals surface area contributed by atoms with Crippen LogP contribution in [0.3, 0.4) is 0 Å². The summed E-state index contributed by atoms with van der Waals surface area (Å²) in [5, 5.41) is 2.88. The molecule has 4 nitrogen and oxygen atoms in total. The lowest BCUT2D eigenvalue weighted by molar-refractivity contribution is -0.133. The maximum Gasteiger partial charge on any atom is 0.222 e. The minimum absolute atomic E-state index is 0.123. The quantitative estimate of drug-likeness (QED) is 0.653. The van der Waals surface area contributed by atoms with Crippen molar-refractivity contribution < 1.29 is 9.59 Å². The van der Waals surface area contributed by atoms with E-state index in [4.69, 9.17) is 0 Å². The van der Waals surface area contributed by atoms with Crippen LogP contribution in [0.5, 0.6) is 0 Å². The first-order chi connectivity index (χ1) is 12.6. The Hall–Kier alpha value is -1.06. The van der Waals surface area contributed by atoms with Gasteiger partial charge in [0.15, 0.2) is 0 Å². The summed E-state index contributed by atoms with van der Waals surface area (Å²) in [5.41, 5.74) is 0. The van der Waals surface area contributed by atoms with Crippen LogP contribution in [0.1, 0.15) is 90.4 Å². The molecule has 2 aliphatic rings. The molecule has 1 saturated carbocycles. The minimum atomic E-state index is 0.123. The molecular formula is C22H40N2O2. The van der Waals surface area contributed by atoms with Gasteiger partial charge in [0, 0.05) is 32.5 Å². The van der Waals surface area contributed by atoms with Crippen LogP contribution in [-0.2, 0) is 9.59 Å². The number of likely N-dealkylation sites (tertiary alicyclic amines) is 1. The van der Waals surface area contributed by atoms with Crippen LogP contribution >= 0.6 is 0 Å². The van der Waals surface area contributed by atoms with E-state index in [1.165, 1.54) is 38.5 Å². The third-order valence-corrected chi connectivity index (χ3v) is 6.50. The summed E-state index contributed by atoms with van der Waals surface area (Å²) in [6, 6.07) is 0. The Balaban J connectivity index is 1.83. The second-order valence-corrected chi connectivity index (χ2v) is 8.58. The second kappa shape index (κ2) is 11.6. The molecule has 1 N–H and O–H groups in total. The van der Waals surface area contributed by atoms with Crippen LogP contribution in [0.2, 0.25) is 0 Å². The van der Waals surface area contributed by atoms with Gasteiger partial charge in [-0.3, -0.25) is 9.59 Å². The van der Waals surface area contributed by atoms with Crippen LogP contribution in [0.4, 0.5) is 0 Å². The highest BCUT2D eigenvalue weighted by molar-refractivity contribution is 5.78. The topological polar surface area (TPSA) is 49.4 Å². The maximum atomic E-state index is 12.4. The van der Waals surface area contributed by atoms with Gasteiger partial charge in [-0.25, -0.2) is 0 Å². The van der Waals surface area contributed by atoms with Crippen molar-refractivity contribution in [1.82, 2.24) is 10.2 Å². The number of unbranched alkanes of at least 4 members (excludes halogenated alkanes) is 1. The van der Waals surface area contributed by atoms with Gasteiger partial charge in [-0.15, -0.1) is 0 Å². The van der Waals surface area contributed by atoms with Crippen molar-refractivity contribution in [2.45, 2.75) is 90.4 Å². The number of piperidine rings is 1. The molecule has 0 aromatic carbocycles. The van der Waals surface area contributed by atoms with Crippen LogP contribution in [0, 0.1) is 17.8 Å². The summed E-state index contributed by atoms with van der Waals surface area (Å²) in [7, 11) is 1.76. The Morgan fingerprint density at radius 2 is 1.81 bits per heavy atom. The summed E-state index contributed by atoms with van der Waals surface area (Å²) in [4.78, 5) is 26.8. The Labute approximate surface area is 160 Å². The lowest BCUT2D eigenvalue weighted by Crippen LogP contribution is -2.41. The molecule has 4 heteroatoms. The van der Waals surface area contributed by atoms with Gasteiger partial charge in [-0.2, -0.15) is 0 Å². The highest BCUT2D eigenvalue weighted by Crippen LogP contribution is 2.31. The first-order valence-corrected chi connectivity index (χ1v) is 11.1. The highest BCUT2D eigenvalue weighted by atomic mass is 16.2. The molecule has 2 fully saturated rings. The third-order valence-electron chi connectivity index (χ3n) is 6.50. The molecule has 1 aliphatic carbocycles. The molecule has 1 saturated heterocycles. The largest absolute Gasteiger partial charge is 0.359 e. The zero-order valence-electron chi connectivity index (χ0n) is 17.1. The van der Waals surface area contributed by atoms with E-state index in [0.29, 0.717) is 18.2 Å². The van der Waals surface area contributed by atoms with Crippen molar-refractivity contribution in [3.63, 3.8) is 0 Å². The molecule has 0 aromatic rings. The molecule has 0 bridgehead atoms. The predicted molar refractivity (Wildman–Crippen MR) is 107 cm³/mol. The van der Waals surface area contributed by atoms with Gasteiger partial charge in [-0.1, -0.05) is 45.4 Å². The first-order valence-electron chi connectivity index (χ1n) is 11.1. The molecule has 1 heterocycles. The number of amides is 2. The molecule has 0 aromatic heterocycles. The van der Waals surface area contributed by atoms with Crippen molar-refractivity contribution >= 4 is 11.8 Å². The number of carbonyl (C=O) groups excluding carboxylic acids is 2. The van der Waals surface area contributed by atoms with E-state index in [1.807, 2.05) is 0 Å². The molecule has 2 rings (SSSR count). The van der Waals surface area contributed by atoms with Crippen molar-refractivity contribution in [3.05, 3.63) is 0 Å². The highest BCUT2D eigenvalue weighted by Gasteiger charge is 2.28. The summed E-state index contributed by atoms with van der Waals surface area (Å²) in [6.45, 7) is 3.90. The zero-order chi connectivity index (χ0) is 18.8. The van der Waals surface area contributed by atoms with E-state index < -0.39 is 0 Å². The molecule has 0 radical (unpaired) electrons. The van der Waals surface area contributed by atoms with Crippen molar-refractivity contribution in [2.75, 3.05) is 20.1 Å². The zero-order valence-corrected chi connectivity index (χ0v) is 17.1. The number of nitrogens with one attached hydrogen (secondary N) is 1. The number of hydrogen-bond acceptors (Lipinski definition) is 2. The predicted octanol–water partition coefficient (Wildman–Crippen LogP) is 4.53. The second-order valence-electron chi connectivity index (χ2n) is 8.58. The number of hydrogen-bond donors (Lipinski definition) is 1. The van der Waals surface area contributed by atoms with Crippen LogP contribution in [0.15, 0.2) is 0 Å². The van der Waals surface area contributed by atoms with Crippen molar-refractivity contribution in [1.29, 1.82) is 0 Å². The fraction of sp³-hybridized carbons (Fsp3) is 0.909. The van der Waals surface area contributed by atoms with Crippen LogP contribution in [-0.4, -0.2) is 36.9 Å². The summed E-state index contributed by atoms with van der Waals surface area (Å²) in [6.07, 6.45) is 15.0. The maximum absolute atomic E-state index is 12.4. The lowest BCUT2D eigenvalue weighted by Gasteiger charge is -2.34. The van der Waals surface area contributed by atoms with Gasteiger partial charge in [0.05, 0.1) is 0 Å². The molecular weight excluding hydrogens is 324 g/mol. The number of rotatable bonds is 9. The standard InChI is InChI=1S/C22H40N2O2/c1-3-4-12-21(25)24-15-8-11-19(17-24)16-20(22(26)23-2)14-13-18-9-6-5-7-10-18/h18-20H,3-17H2,1-2H3,(H,23,26). The van der Waals surface area contributed by atoms with E-state index in [0.717, 1.165) is 57.5 Å². The van der Waals surface area contributed by atoms with Crippen molar-refractivity contribution in [3.8, 4) is 0 Å². The van der Waals surface area contributed by atoms with E-state index >= 15 is 0 Å². The fourth-order valence-electron chi connectivity index (χ4n) is 4.85. The van der Waals surface area contributed by atoms with Crippen LogP contribution < -0.4 is 5.32 Å². The summed E-state index contributed by atoms with van der Waals surface area (Å²) < 4.78 is 0. The normalized spacial score (nSPS) is 22.8. The molecule has 2 unspecified atom stereocenters. The van der Waals surface area contributed by atoms with Crippen LogP contribution in [0.25, 0.3) is 0 Å². The molecule has 2 amide bonds. The number of nitrogens with zero attached hydrogens (tertiary/aromatic N) is 1. The first kappa shape index (κ1) is 21.2. The average Bonchev–Trinajstić information content (AvgIpc) is 2.69. The molecule has 1 aliphatic heterocycles. The molecule has 0 spiro atoms. The van der Waals surface area contributed by atoms with Gasteiger partial charge < -0.3 is 10.2 Å². The molecule has 2 atom stereocenters. The van der Waals surface area contributed by atoms with Gasteiger partial charge >= 0.3 is 0 Å². The van der Waals surface area contributed by atoms with Gasteiger partial charge in [0.2, 0.25) is 11.8 Å².